The summed E-state index contributed by atoms with van der Waals surface area (Å²) in [5.74, 6) is 0. The third-order valence-electron chi connectivity index (χ3n) is 2.68. The lowest BCUT2D eigenvalue weighted by Crippen LogP contribution is -1.93. The molecule has 0 aliphatic heterocycles. The molecular formula is C13H15ClN2S. The molecule has 0 atom stereocenters. The van der Waals surface area contributed by atoms with Crippen molar-refractivity contribution >= 4 is 28.1 Å². The van der Waals surface area contributed by atoms with Gasteiger partial charge in [0.1, 0.15) is 0 Å². The van der Waals surface area contributed by atoms with E-state index < -0.39 is 0 Å². The fourth-order valence-electron chi connectivity index (χ4n) is 1.83. The Morgan fingerprint density at radius 3 is 2.88 bits per heavy atom. The lowest BCUT2D eigenvalue weighted by molar-refractivity contribution is 1.02. The Morgan fingerprint density at radius 1 is 1.41 bits per heavy atom. The molecule has 17 heavy (non-hydrogen) atoms. The van der Waals surface area contributed by atoms with E-state index in [9.17, 15) is 0 Å². The van der Waals surface area contributed by atoms with Crippen LogP contribution in [0, 0.1) is 6.92 Å². The van der Waals surface area contributed by atoms with Crippen molar-refractivity contribution in [2.75, 3.05) is 5.73 Å². The topological polar surface area (TPSA) is 38.9 Å². The van der Waals surface area contributed by atoms with Crippen molar-refractivity contribution in [1.29, 1.82) is 0 Å². The predicted molar refractivity (Wildman–Crippen MR) is 74.9 cm³/mol. The average molecular weight is 267 g/mol. The van der Waals surface area contributed by atoms with E-state index in [2.05, 4.69) is 24.9 Å². The van der Waals surface area contributed by atoms with Crippen molar-refractivity contribution in [3.8, 4) is 0 Å². The zero-order valence-electron chi connectivity index (χ0n) is 9.96. The summed E-state index contributed by atoms with van der Waals surface area (Å²) >= 11 is 7.76. The van der Waals surface area contributed by atoms with Crippen molar-refractivity contribution < 1.29 is 0 Å². The third kappa shape index (κ3) is 2.79. The fraction of sp³-hybridized carbons (Fsp3) is 0.308. The molecule has 2 nitrogen and oxygen atoms in total. The van der Waals surface area contributed by atoms with Gasteiger partial charge in [0.15, 0.2) is 5.13 Å². The summed E-state index contributed by atoms with van der Waals surface area (Å²) in [5.41, 5.74) is 9.20. The van der Waals surface area contributed by atoms with E-state index >= 15 is 0 Å². The number of aryl methyl sites for hydroxylation is 2. The highest BCUT2D eigenvalue weighted by molar-refractivity contribution is 7.15. The first-order chi connectivity index (χ1) is 8.10. The highest BCUT2D eigenvalue weighted by atomic mass is 35.5. The molecule has 1 aromatic heterocycles. The maximum atomic E-state index is 6.20. The van der Waals surface area contributed by atoms with Crippen molar-refractivity contribution in [2.24, 2.45) is 0 Å². The molecule has 2 aromatic rings. The van der Waals surface area contributed by atoms with Crippen LogP contribution in [0.5, 0.6) is 0 Å². The average Bonchev–Trinajstić information content (AvgIpc) is 2.64. The molecule has 0 radical (unpaired) electrons. The van der Waals surface area contributed by atoms with Crippen molar-refractivity contribution in [1.82, 2.24) is 4.98 Å². The Kier molecular flexibility index (Phi) is 3.69. The SMILES string of the molecule is CCc1nc(N)sc1Cc1cc(C)ccc1Cl. The minimum absolute atomic E-state index is 0.639. The molecule has 0 unspecified atom stereocenters. The van der Waals surface area contributed by atoms with Crippen molar-refractivity contribution in [2.45, 2.75) is 26.7 Å². The number of rotatable bonds is 3. The molecule has 2 N–H and O–H groups in total. The fourth-order valence-corrected chi connectivity index (χ4v) is 2.96. The van der Waals surface area contributed by atoms with Crippen molar-refractivity contribution in [3.63, 3.8) is 0 Å². The number of nitrogen functional groups attached to an aromatic ring is 1. The molecule has 2 rings (SSSR count). The molecule has 1 aromatic carbocycles. The largest absolute Gasteiger partial charge is 0.375 e. The third-order valence-corrected chi connectivity index (χ3v) is 3.98. The molecule has 90 valence electrons. The van der Waals surface area contributed by atoms with Gasteiger partial charge in [0.2, 0.25) is 0 Å². The second-order valence-corrected chi connectivity index (χ2v) is 5.57. The number of nitrogens with zero attached hydrogens (tertiary/aromatic N) is 1. The van der Waals surface area contributed by atoms with E-state index in [1.54, 1.807) is 11.3 Å². The summed E-state index contributed by atoms with van der Waals surface area (Å²) in [5, 5.41) is 1.45. The van der Waals surface area contributed by atoms with Crippen LogP contribution in [0.3, 0.4) is 0 Å². The zero-order valence-corrected chi connectivity index (χ0v) is 11.5. The first kappa shape index (κ1) is 12.4. The quantitative estimate of drug-likeness (QED) is 0.917. The van der Waals surface area contributed by atoms with E-state index in [1.807, 2.05) is 12.1 Å². The number of halogens is 1. The van der Waals surface area contributed by atoms with E-state index in [4.69, 9.17) is 17.3 Å². The Balaban J connectivity index is 2.33. The first-order valence-electron chi connectivity index (χ1n) is 5.59. The van der Waals surface area contributed by atoms with Crippen LogP contribution in [-0.4, -0.2) is 4.98 Å². The maximum absolute atomic E-state index is 6.20. The predicted octanol–water partition coefficient (Wildman–Crippen LogP) is 3.84. The number of hydrogen-bond donors (Lipinski definition) is 1. The van der Waals surface area contributed by atoms with Crippen LogP contribution in [0.2, 0.25) is 5.02 Å². The van der Waals surface area contributed by atoms with Gasteiger partial charge in [-0.25, -0.2) is 4.98 Å². The summed E-state index contributed by atoms with van der Waals surface area (Å²) in [6.45, 7) is 4.16. The van der Waals surface area contributed by atoms with E-state index in [0.717, 1.165) is 29.1 Å². The van der Waals surface area contributed by atoms with Gasteiger partial charge in [-0.3, -0.25) is 0 Å². The number of nitrogens with two attached hydrogens (primary N) is 1. The van der Waals surface area contributed by atoms with Crippen LogP contribution >= 0.6 is 22.9 Å². The second-order valence-electron chi connectivity index (χ2n) is 4.05. The maximum Gasteiger partial charge on any atom is 0.180 e. The molecule has 4 heteroatoms. The molecule has 0 spiro atoms. The Labute approximate surface area is 110 Å². The zero-order chi connectivity index (χ0) is 12.4. The Morgan fingerprint density at radius 2 is 2.18 bits per heavy atom. The normalized spacial score (nSPS) is 10.8. The first-order valence-corrected chi connectivity index (χ1v) is 6.78. The summed E-state index contributed by atoms with van der Waals surface area (Å²) < 4.78 is 0. The van der Waals surface area contributed by atoms with Gasteiger partial charge in [0, 0.05) is 16.3 Å². The van der Waals surface area contributed by atoms with E-state index in [-0.39, 0.29) is 0 Å². The molecule has 0 amide bonds. The molecule has 0 saturated carbocycles. The number of thiazole rings is 1. The highest BCUT2D eigenvalue weighted by Gasteiger charge is 2.10. The van der Waals surface area contributed by atoms with Crippen LogP contribution in [0.25, 0.3) is 0 Å². The van der Waals surface area contributed by atoms with Crippen LogP contribution in [0.4, 0.5) is 5.13 Å². The smallest absolute Gasteiger partial charge is 0.180 e. The van der Waals surface area contributed by atoms with Gasteiger partial charge in [-0.2, -0.15) is 0 Å². The van der Waals surface area contributed by atoms with Gasteiger partial charge < -0.3 is 5.73 Å². The summed E-state index contributed by atoms with van der Waals surface area (Å²) in [4.78, 5) is 5.55. The van der Waals surface area contributed by atoms with Crippen molar-refractivity contribution in [3.05, 3.63) is 44.9 Å². The molecule has 0 bridgehead atoms. The standard InChI is InChI=1S/C13H15ClN2S/c1-3-11-12(17-13(15)16-11)7-9-6-8(2)4-5-10(9)14/h4-6H,3,7H2,1-2H3,(H2,15,16). The number of aromatic nitrogens is 1. The Bertz CT molecular complexity index is 534. The molecule has 0 aliphatic rings. The highest BCUT2D eigenvalue weighted by Crippen LogP contribution is 2.27. The molecular weight excluding hydrogens is 252 g/mol. The Hall–Kier alpha value is -1.06. The summed E-state index contributed by atoms with van der Waals surface area (Å²) in [7, 11) is 0. The van der Waals surface area contributed by atoms with Crippen LogP contribution in [-0.2, 0) is 12.8 Å². The van der Waals surface area contributed by atoms with Gasteiger partial charge in [0.05, 0.1) is 5.69 Å². The molecule has 0 saturated heterocycles. The lowest BCUT2D eigenvalue weighted by Gasteiger charge is -2.05. The lowest BCUT2D eigenvalue weighted by atomic mass is 10.1. The van der Waals surface area contributed by atoms with Gasteiger partial charge in [0.25, 0.3) is 0 Å². The molecule has 0 aliphatic carbocycles. The van der Waals surface area contributed by atoms with E-state index in [1.165, 1.54) is 10.4 Å². The van der Waals surface area contributed by atoms with Crippen LogP contribution in [0.1, 0.15) is 28.6 Å². The van der Waals surface area contributed by atoms with Gasteiger partial charge >= 0.3 is 0 Å². The molecule has 0 fully saturated rings. The van der Waals surface area contributed by atoms with Gasteiger partial charge in [-0.15, -0.1) is 11.3 Å². The number of anilines is 1. The van der Waals surface area contributed by atoms with Crippen LogP contribution in [0.15, 0.2) is 18.2 Å². The monoisotopic (exact) mass is 266 g/mol. The van der Waals surface area contributed by atoms with Crippen LogP contribution < -0.4 is 5.73 Å². The number of benzene rings is 1. The second kappa shape index (κ2) is 5.07. The summed E-state index contributed by atoms with van der Waals surface area (Å²) in [6, 6.07) is 6.09. The van der Waals surface area contributed by atoms with Gasteiger partial charge in [-0.05, 0) is 25.0 Å². The minimum atomic E-state index is 0.639. The summed E-state index contributed by atoms with van der Waals surface area (Å²) in [6.07, 6.45) is 1.73. The molecule has 1 heterocycles. The van der Waals surface area contributed by atoms with E-state index in [0.29, 0.717) is 5.13 Å². The number of hydrogen-bond acceptors (Lipinski definition) is 3. The minimum Gasteiger partial charge on any atom is -0.375 e. The van der Waals surface area contributed by atoms with Gasteiger partial charge in [-0.1, -0.05) is 36.2 Å².